The van der Waals surface area contributed by atoms with Crippen LogP contribution in [-0.2, 0) is 9.53 Å². The summed E-state index contributed by atoms with van der Waals surface area (Å²) in [5.74, 6) is 0.289. The molecule has 1 fully saturated rings. The average molecular weight is 186 g/mol. The summed E-state index contributed by atoms with van der Waals surface area (Å²) < 4.78 is 4.96. The lowest BCUT2D eigenvalue weighted by Gasteiger charge is -2.29. The number of hydrogen-bond acceptors (Lipinski definition) is 3. The highest BCUT2D eigenvalue weighted by Gasteiger charge is 2.26. The summed E-state index contributed by atoms with van der Waals surface area (Å²) in [6.45, 7) is 5.71. The van der Waals surface area contributed by atoms with Crippen molar-refractivity contribution in [2.75, 3.05) is 19.8 Å². The van der Waals surface area contributed by atoms with Gasteiger partial charge in [-0.3, -0.25) is 4.79 Å². The van der Waals surface area contributed by atoms with E-state index < -0.39 is 0 Å². The summed E-state index contributed by atoms with van der Waals surface area (Å²) >= 11 is 0. The standard InChI is InChI=1S/C9H18N2O2/c1-6(2)8(3-10)9(12)11-7-4-13-5-7/h6-8H,3-5,10H2,1-2H3,(H,11,12). The molecule has 1 saturated heterocycles. The highest BCUT2D eigenvalue weighted by molar-refractivity contribution is 5.79. The lowest BCUT2D eigenvalue weighted by molar-refractivity contribution is -0.130. The van der Waals surface area contributed by atoms with E-state index in [2.05, 4.69) is 5.32 Å². The van der Waals surface area contributed by atoms with E-state index in [-0.39, 0.29) is 17.9 Å². The van der Waals surface area contributed by atoms with Gasteiger partial charge >= 0.3 is 0 Å². The topological polar surface area (TPSA) is 64.4 Å². The molecule has 4 heteroatoms. The SMILES string of the molecule is CC(C)C(CN)C(=O)NC1COC1. The number of nitrogens with two attached hydrogens (primary N) is 1. The van der Waals surface area contributed by atoms with E-state index in [9.17, 15) is 4.79 Å². The van der Waals surface area contributed by atoms with Crippen LogP contribution in [0.2, 0.25) is 0 Å². The molecule has 0 aromatic heterocycles. The fourth-order valence-electron chi connectivity index (χ4n) is 1.31. The molecule has 0 aromatic carbocycles. The Morgan fingerprint density at radius 1 is 1.62 bits per heavy atom. The maximum atomic E-state index is 11.6. The van der Waals surface area contributed by atoms with E-state index in [1.165, 1.54) is 0 Å². The number of rotatable bonds is 4. The van der Waals surface area contributed by atoms with Crippen molar-refractivity contribution in [3.8, 4) is 0 Å². The number of nitrogens with one attached hydrogen (secondary N) is 1. The molecular weight excluding hydrogens is 168 g/mol. The van der Waals surface area contributed by atoms with Gasteiger partial charge in [0.15, 0.2) is 0 Å². The Kier molecular flexibility index (Phi) is 3.69. The summed E-state index contributed by atoms with van der Waals surface area (Å²) in [5.41, 5.74) is 5.52. The number of ether oxygens (including phenoxy) is 1. The van der Waals surface area contributed by atoms with Crippen molar-refractivity contribution in [2.24, 2.45) is 17.6 Å². The number of carbonyl (C=O) groups excluding carboxylic acids is 1. The minimum absolute atomic E-state index is 0.0609. The third kappa shape index (κ3) is 2.67. The lowest BCUT2D eigenvalue weighted by atomic mass is 9.95. The highest BCUT2D eigenvalue weighted by atomic mass is 16.5. The van der Waals surface area contributed by atoms with Crippen molar-refractivity contribution < 1.29 is 9.53 Å². The summed E-state index contributed by atoms with van der Waals surface area (Å²) in [6, 6.07) is 0.209. The molecule has 1 rings (SSSR count). The first-order valence-corrected chi connectivity index (χ1v) is 4.73. The minimum Gasteiger partial charge on any atom is -0.377 e. The Balaban J connectivity index is 2.34. The van der Waals surface area contributed by atoms with Crippen molar-refractivity contribution in [1.29, 1.82) is 0 Å². The van der Waals surface area contributed by atoms with Crippen LogP contribution in [-0.4, -0.2) is 31.7 Å². The van der Waals surface area contributed by atoms with E-state index >= 15 is 0 Å². The zero-order valence-electron chi connectivity index (χ0n) is 8.25. The van der Waals surface area contributed by atoms with Crippen molar-refractivity contribution in [3.63, 3.8) is 0 Å². The van der Waals surface area contributed by atoms with Crippen LogP contribution in [0.5, 0.6) is 0 Å². The maximum Gasteiger partial charge on any atom is 0.225 e. The molecular formula is C9H18N2O2. The molecule has 0 saturated carbocycles. The first kappa shape index (κ1) is 10.5. The first-order chi connectivity index (χ1) is 6.15. The Labute approximate surface area is 78.8 Å². The van der Waals surface area contributed by atoms with Gasteiger partial charge in [-0.25, -0.2) is 0 Å². The Bertz CT molecular complexity index is 178. The molecule has 13 heavy (non-hydrogen) atoms. The van der Waals surface area contributed by atoms with E-state index in [1.807, 2.05) is 13.8 Å². The monoisotopic (exact) mass is 186 g/mol. The Morgan fingerprint density at radius 3 is 2.54 bits per heavy atom. The minimum atomic E-state index is -0.0689. The third-order valence-corrected chi connectivity index (χ3v) is 2.38. The molecule has 1 aliphatic rings. The molecule has 0 spiro atoms. The van der Waals surface area contributed by atoms with E-state index in [0.717, 1.165) is 0 Å². The molecule has 1 unspecified atom stereocenters. The summed E-state index contributed by atoms with van der Waals surface area (Å²) in [4.78, 5) is 11.6. The zero-order chi connectivity index (χ0) is 9.84. The van der Waals surface area contributed by atoms with Gasteiger partial charge < -0.3 is 15.8 Å². The van der Waals surface area contributed by atoms with Crippen LogP contribution in [0.1, 0.15) is 13.8 Å². The van der Waals surface area contributed by atoms with Crippen LogP contribution in [0.4, 0.5) is 0 Å². The normalized spacial score (nSPS) is 19.7. The van der Waals surface area contributed by atoms with Gasteiger partial charge in [0.2, 0.25) is 5.91 Å². The summed E-state index contributed by atoms with van der Waals surface area (Å²) in [6.07, 6.45) is 0. The fraction of sp³-hybridized carbons (Fsp3) is 0.889. The molecule has 0 aromatic rings. The van der Waals surface area contributed by atoms with Gasteiger partial charge in [-0.15, -0.1) is 0 Å². The number of hydrogen-bond donors (Lipinski definition) is 2. The van der Waals surface area contributed by atoms with Gasteiger partial charge in [-0.1, -0.05) is 13.8 Å². The van der Waals surface area contributed by atoms with Crippen LogP contribution in [0, 0.1) is 11.8 Å². The van der Waals surface area contributed by atoms with E-state index in [0.29, 0.717) is 25.7 Å². The zero-order valence-corrected chi connectivity index (χ0v) is 8.25. The number of amides is 1. The second-order valence-corrected chi connectivity index (χ2v) is 3.83. The van der Waals surface area contributed by atoms with Crippen LogP contribution >= 0.6 is 0 Å². The predicted molar refractivity (Wildman–Crippen MR) is 50.1 cm³/mol. The largest absolute Gasteiger partial charge is 0.377 e. The number of carbonyl (C=O) groups is 1. The Hall–Kier alpha value is -0.610. The fourth-order valence-corrected chi connectivity index (χ4v) is 1.31. The van der Waals surface area contributed by atoms with E-state index in [4.69, 9.17) is 10.5 Å². The van der Waals surface area contributed by atoms with Crippen molar-refractivity contribution in [1.82, 2.24) is 5.32 Å². The van der Waals surface area contributed by atoms with Gasteiger partial charge in [0.05, 0.1) is 25.2 Å². The third-order valence-electron chi connectivity index (χ3n) is 2.38. The first-order valence-electron chi connectivity index (χ1n) is 4.73. The molecule has 0 radical (unpaired) electrons. The highest BCUT2D eigenvalue weighted by Crippen LogP contribution is 2.10. The average Bonchev–Trinajstić information content (AvgIpc) is 1.97. The maximum absolute atomic E-state index is 11.6. The van der Waals surface area contributed by atoms with Gasteiger partial charge in [0, 0.05) is 6.54 Å². The molecule has 76 valence electrons. The molecule has 0 aliphatic carbocycles. The molecule has 3 N–H and O–H groups in total. The Morgan fingerprint density at radius 2 is 2.23 bits per heavy atom. The van der Waals surface area contributed by atoms with Crippen molar-refractivity contribution in [2.45, 2.75) is 19.9 Å². The van der Waals surface area contributed by atoms with Crippen LogP contribution in [0.15, 0.2) is 0 Å². The smallest absolute Gasteiger partial charge is 0.225 e. The molecule has 1 aliphatic heterocycles. The van der Waals surface area contributed by atoms with Crippen LogP contribution in [0.3, 0.4) is 0 Å². The van der Waals surface area contributed by atoms with Gasteiger partial charge in [0.25, 0.3) is 0 Å². The van der Waals surface area contributed by atoms with E-state index in [1.54, 1.807) is 0 Å². The van der Waals surface area contributed by atoms with Gasteiger partial charge in [-0.2, -0.15) is 0 Å². The second kappa shape index (κ2) is 4.58. The second-order valence-electron chi connectivity index (χ2n) is 3.83. The quantitative estimate of drug-likeness (QED) is 0.635. The molecule has 4 nitrogen and oxygen atoms in total. The van der Waals surface area contributed by atoms with Gasteiger partial charge in [-0.05, 0) is 5.92 Å². The molecule has 0 bridgehead atoms. The molecule has 1 heterocycles. The molecule has 1 atom stereocenters. The predicted octanol–water partition coefficient (Wildman–Crippen LogP) is -0.268. The van der Waals surface area contributed by atoms with Crippen molar-refractivity contribution >= 4 is 5.91 Å². The van der Waals surface area contributed by atoms with Crippen LogP contribution < -0.4 is 11.1 Å². The van der Waals surface area contributed by atoms with Gasteiger partial charge in [0.1, 0.15) is 0 Å². The molecule has 1 amide bonds. The summed E-state index contributed by atoms with van der Waals surface area (Å²) in [5, 5.41) is 2.90. The van der Waals surface area contributed by atoms with Crippen molar-refractivity contribution in [3.05, 3.63) is 0 Å². The lowest BCUT2D eigenvalue weighted by Crippen LogP contribution is -2.52. The van der Waals surface area contributed by atoms with Crippen LogP contribution in [0.25, 0.3) is 0 Å². The summed E-state index contributed by atoms with van der Waals surface area (Å²) in [7, 11) is 0.